The quantitative estimate of drug-likeness (QED) is 0.200. The van der Waals surface area contributed by atoms with Crippen molar-refractivity contribution in [3.05, 3.63) is 88.9 Å². The molecular weight excluding hydrogens is 517 g/mol. The van der Waals surface area contributed by atoms with Gasteiger partial charge in [0.2, 0.25) is 5.69 Å². The predicted octanol–water partition coefficient (Wildman–Crippen LogP) is 10.4. The van der Waals surface area contributed by atoms with Gasteiger partial charge in [-0.3, -0.25) is 0 Å². The van der Waals surface area contributed by atoms with Gasteiger partial charge in [-0.05, 0) is 87.9 Å². The maximum absolute atomic E-state index is 16.2. The number of fused-ring (bicyclic) bond motifs is 4. The molecule has 0 bridgehead atoms. The molecule has 42 heavy (non-hydrogen) atoms. The zero-order valence-corrected chi connectivity index (χ0v) is 26.3. The molecule has 0 radical (unpaired) electrons. The Morgan fingerprint density at radius 3 is 2.21 bits per heavy atom. The maximum atomic E-state index is 16.2. The largest absolute Gasteiger partial charge is 0.454 e. The lowest BCUT2D eigenvalue weighted by Crippen LogP contribution is -2.42. The molecule has 0 atom stereocenters. The van der Waals surface area contributed by atoms with Crippen molar-refractivity contribution in [1.82, 2.24) is 0 Å². The second kappa shape index (κ2) is 9.02. The fourth-order valence-electron chi connectivity index (χ4n) is 8.08. The first kappa shape index (κ1) is 26.2. The number of hydrogen-bond acceptors (Lipinski definition) is 1. The van der Waals surface area contributed by atoms with Crippen molar-refractivity contribution in [2.24, 2.45) is 12.5 Å². The molecule has 3 heteroatoms. The Morgan fingerprint density at radius 2 is 1.52 bits per heavy atom. The zero-order valence-electron chi connectivity index (χ0n) is 27.3. The van der Waals surface area contributed by atoms with Gasteiger partial charge in [-0.1, -0.05) is 78.6 Å². The molecule has 0 aliphatic heterocycles. The molecule has 2 nitrogen and oxygen atoms in total. The number of hydrogen-bond donors (Lipinski definition) is 0. The summed E-state index contributed by atoms with van der Waals surface area (Å²) in [5, 5.41) is 1.90. The lowest BCUT2D eigenvalue weighted by Gasteiger charge is -2.45. The number of nitrogens with zero attached hydrogens (tertiary/aromatic N) is 1. The summed E-state index contributed by atoms with van der Waals surface area (Å²) in [7, 11) is 2.04. The molecule has 1 saturated carbocycles. The summed E-state index contributed by atoms with van der Waals surface area (Å²) in [6, 6.07) is 18.2. The van der Waals surface area contributed by atoms with E-state index < -0.39 is 5.89 Å². The van der Waals surface area contributed by atoms with Crippen molar-refractivity contribution in [3.8, 4) is 22.4 Å². The first-order valence-electron chi connectivity index (χ1n) is 16.0. The second-order valence-electron chi connectivity index (χ2n) is 14.4. The summed E-state index contributed by atoms with van der Waals surface area (Å²) in [6.45, 7) is 16.2. The van der Waals surface area contributed by atoms with E-state index in [1.165, 1.54) is 11.1 Å². The van der Waals surface area contributed by atoms with Gasteiger partial charge in [0.15, 0.2) is 6.20 Å². The highest BCUT2D eigenvalue weighted by Crippen LogP contribution is 2.64. The number of aryl methyl sites for hydroxylation is 2. The monoisotopic (exact) mass is 561 g/mol. The van der Waals surface area contributed by atoms with Crippen LogP contribution >= 0.6 is 0 Å². The highest BCUT2D eigenvalue weighted by atomic mass is 19.1. The van der Waals surface area contributed by atoms with Gasteiger partial charge in [0, 0.05) is 24.3 Å². The van der Waals surface area contributed by atoms with E-state index in [2.05, 4.69) is 83.4 Å². The average Bonchev–Trinajstić information content (AvgIpc) is 3.59. The molecule has 5 aromatic rings. The third-order valence-corrected chi connectivity index (χ3v) is 11.7. The number of halogens is 1. The van der Waals surface area contributed by atoms with E-state index in [4.69, 9.17) is 4.42 Å². The van der Waals surface area contributed by atoms with Gasteiger partial charge in [0.05, 0.1) is 11.1 Å². The van der Waals surface area contributed by atoms with Crippen LogP contribution < -0.4 is 4.57 Å². The second-order valence-corrected chi connectivity index (χ2v) is 14.4. The van der Waals surface area contributed by atoms with Gasteiger partial charge < -0.3 is 4.42 Å². The zero-order chi connectivity index (χ0) is 30.7. The van der Waals surface area contributed by atoms with E-state index in [-0.39, 0.29) is 22.1 Å². The van der Waals surface area contributed by atoms with Crippen LogP contribution in [-0.2, 0) is 17.9 Å². The van der Waals surface area contributed by atoms with Crippen LogP contribution in [0.25, 0.3) is 44.3 Å². The van der Waals surface area contributed by atoms with Crippen LogP contribution in [0.3, 0.4) is 0 Å². The Balaban J connectivity index is 1.57. The Hall–Kier alpha value is -3.46. The summed E-state index contributed by atoms with van der Waals surface area (Å²) in [6.07, 6.45) is 5.84. The van der Waals surface area contributed by atoms with Crippen LogP contribution in [0.1, 0.15) is 96.7 Å². The van der Waals surface area contributed by atoms with Crippen molar-refractivity contribution in [1.29, 1.82) is 0 Å². The normalized spacial score (nSPS) is 20.3. The fraction of sp³-hybridized carbons (Fsp3) is 0.410. The molecule has 0 N–H and O–H groups in total. The van der Waals surface area contributed by atoms with Gasteiger partial charge >= 0.3 is 0 Å². The number of pyridine rings is 1. The lowest BCUT2D eigenvalue weighted by atomic mass is 9.59. The van der Waals surface area contributed by atoms with Gasteiger partial charge in [-0.25, -0.2) is 8.96 Å². The van der Waals surface area contributed by atoms with E-state index in [1.807, 2.05) is 31.4 Å². The number of aromatic nitrogens is 1. The SMILES string of the molecule is [2H]C1(c2cc(-c3c(F)ccc4c3oc3c(-c5cccc[n+]5C)c(C)ccc34)cc3c2C(C)(C)C(C)(C)C3(C)C)CCCC1. The van der Waals surface area contributed by atoms with Crippen LogP contribution in [0.2, 0.25) is 0 Å². The minimum Gasteiger partial charge on any atom is -0.454 e. The maximum Gasteiger partial charge on any atom is 0.216 e. The van der Waals surface area contributed by atoms with Crippen molar-refractivity contribution in [2.75, 3.05) is 0 Å². The molecule has 0 amide bonds. The summed E-state index contributed by atoms with van der Waals surface area (Å²) in [4.78, 5) is 0. The molecule has 2 aromatic heterocycles. The van der Waals surface area contributed by atoms with Crippen molar-refractivity contribution >= 4 is 21.9 Å². The third-order valence-electron chi connectivity index (χ3n) is 11.7. The molecule has 1 fully saturated rings. The van der Waals surface area contributed by atoms with Crippen molar-refractivity contribution < 1.29 is 14.7 Å². The average molecular weight is 562 g/mol. The summed E-state index contributed by atoms with van der Waals surface area (Å²) in [5.74, 6) is -0.959. The highest BCUT2D eigenvalue weighted by Gasteiger charge is 2.58. The first-order chi connectivity index (χ1) is 20.2. The van der Waals surface area contributed by atoms with Gasteiger partial charge in [0.25, 0.3) is 0 Å². The molecule has 0 spiro atoms. The number of furan rings is 1. The Kier molecular flexibility index (Phi) is 5.62. The Bertz CT molecular complexity index is 1950. The van der Waals surface area contributed by atoms with Crippen LogP contribution in [0.15, 0.2) is 65.2 Å². The van der Waals surface area contributed by atoms with E-state index in [0.29, 0.717) is 11.1 Å². The van der Waals surface area contributed by atoms with E-state index in [1.54, 1.807) is 6.07 Å². The van der Waals surface area contributed by atoms with Crippen LogP contribution in [-0.4, -0.2) is 0 Å². The molecule has 0 saturated heterocycles. The first-order valence-corrected chi connectivity index (χ1v) is 15.5. The smallest absolute Gasteiger partial charge is 0.216 e. The third kappa shape index (κ3) is 3.52. The van der Waals surface area contributed by atoms with Gasteiger partial charge in [-0.15, -0.1) is 0 Å². The summed E-state index contributed by atoms with van der Waals surface area (Å²) < 4.78 is 34.9. The Labute approximate surface area is 251 Å². The molecule has 216 valence electrons. The highest BCUT2D eigenvalue weighted by molar-refractivity contribution is 6.13. The van der Waals surface area contributed by atoms with Crippen LogP contribution in [0.5, 0.6) is 0 Å². The van der Waals surface area contributed by atoms with Gasteiger partial charge in [-0.2, -0.15) is 0 Å². The topological polar surface area (TPSA) is 17.0 Å². The van der Waals surface area contributed by atoms with Crippen LogP contribution in [0, 0.1) is 18.2 Å². The molecule has 2 heterocycles. The fourth-order valence-corrected chi connectivity index (χ4v) is 8.08. The molecular formula is C39H43FNO+. The van der Waals surface area contributed by atoms with E-state index in [9.17, 15) is 1.37 Å². The standard InChI is InChI=1S/C39H43FNO/c1-23-16-17-26-27-18-19-30(40)33(36(27)42-35(26)32(23)31-15-11-12-20-41(31)8)25-21-28(24-13-9-10-14-24)34-29(22-25)37(2,3)39(6,7)38(34,4)5/h11-12,15-22,24H,9-10,13-14H2,1-8H3/q+1/i24D. The van der Waals surface area contributed by atoms with E-state index in [0.717, 1.165) is 70.0 Å². The van der Waals surface area contributed by atoms with Crippen LogP contribution in [0.4, 0.5) is 4.39 Å². The summed E-state index contributed by atoms with van der Waals surface area (Å²) in [5.41, 5.74) is 9.11. The minimum absolute atomic E-state index is 0.0633. The minimum atomic E-state index is -0.668. The number of rotatable bonds is 3. The predicted molar refractivity (Wildman–Crippen MR) is 172 cm³/mol. The van der Waals surface area contributed by atoms with Crippen molar-refractivity contribution in [3.63, 3.8) is 0 Å². The van der Waals surface area contributed by atoms with Gasteiger partial charge in [0.1, 0.15) is 24.0 Å². The molecule has 2 aliphatic rings. The molecule has 3 aromatic carbocycles. The summed E-state index contributed by atoms with van der Waals surface area (Å²) >= 11 is 0. The van der Waals surface area contributed by atoms with E-state index >= 15 is 4.39 Å². The number of benzene rings is 3. The molecule has 0 unspecified atom stereocenters. The molecule has 7 rings (SSSR count). The molecule has 2 aliphatic carbocycles. The Morgan fingerprint density at radius 1 is 0.857 bits per heavy atom. The van der Waals surface area contributed by atoms with Crippen molar-refractivity contribution in [2.45, 2.75) is 90.9 Å². The lowest BCUT2D eigenvalue weighted by molar-refractivity contribution is -0.660.